The molecule has 0 atom stereocenters. The van der Waals surface area contributed by atoms with E-state index in [2.05, 4.69) is 9.97 Å². The third-order valence-corrected chi connectivity index (χ3v) is 7.62. The molecule has 1 aliphatic heterocycles. The number of rotatable bonds is 2. The summed E-state index contributed by atoms with van der Waals surface area (Å²) in [6.07, 6.45) is -0.338. The van der Waals surface area contributed by atoms with Crippen molar-refractivity contribution in [2.75, 3.05) is 0 Å². The van der Waals surface area contributed by atoms with Crippen LogP contribution >= 0.6 is 0 Å². The molecule has 0 fully saturated rings. The van der Waals surface area contributed by atoms with Gasteiger partial charge in [0.2, 0.25) is 23.8 Å². The highest BCUT2D eigenvalue weighted by Gasteiger charge is 2.41. The molecule has 7 rings (SSSR count). The van der Waals surface area contributed by atoms with Crippen LogP contribution in [0.15, 0.2) is 109 Å². The van der Waals surface area contributed by atoms with Crippen LogP contribution in [-0.4, -0.2) is 19.9 Å². The Kier molecular flexibility index (Phi) is 6.12. The molecule has 0 radical (unpaired) electrons. The Bertz CT molecular complexity index is 1820. The van der Waals surface area contributed by atoms with E-state index >= 15 is 8.78 Å². The molecule has 42 heavy (non-hydrogen) atoms. The summed E-state index contributed by atoms with van der Waals surface area (Å²) in [4.78, 5) is 16.8. The second-order valence-electron chi connectivity index (χ2n) is 10.0. The van der Waals surface area contributed by atoms with E-state index in [1.807, 2.05) is 72.8 Å². The third-order valence-electron chi connectivity index (χ3n) is 7.62. The summed E-state index contributed by atoms with van der Waals surface area (Å²) in [6, 6.07) is 32.0. The highest BCUT2D eigenvalue weighted by atomic mass is 19.1. The van der Waals surface area contributed by atoms with Gasteiger partial charge in [0.25, 0.3) is 0 Å². The van der Waals surface area contributed by atoms with E-state index in [-0.39, 0.29) is 40.1 Å². The van der Waals surface area contributed by atoms with Gasteiger partial charge in [0.15, 0.2) is 0 Å². The van der Waals surface area contributed by atoms with Gasteiger partial charge in [-0.1, -0.05) is 72.8 Å². The first kappa shape index (κ1) is 25.7. The first-order chi connectivity index (χ1) is 20.4. The summed E-state index contributed by atoms with van der Waals surface area (Å²) in [5, 5.41) is 0. The molecule has 0 N–H and O–H groups in total. The van der Waals surface area contributed by atoms with Gasteiger partial charge in [0.1, 0.15) is 5.41 Å². The summed E-state index contributed by atoms with van der Waals surface area (Å²) >= 11 is 0. The molecule has 2 aromatic carbocycles. The molecule has 8 heteroatoms. The quantitative estimate of drug-likeness (QED) is 0.163. The van der Waals surface area contributed by atoms with E-state index in [4.69, 9.17) is 9.97 Å². The molecule has 0 saturated heterocycles. The van der Waals surface area contributed by atoms with Crippen LogP contribution < -0.4 is 0 Å². The number of fused-ring (bicyclic) bond motifs is 10. The third kappa shape index (κ3) is 4.06. The molecule has 0 aliphatic carbocycles. The van der Waals surface area contributed by atoms with Gasteiger partial charge in [-0.25, -0.2) is 0 Å². The second kappa shape index (κ2) is 9.99. The lowest BCUT2D eigenvalue weighted by atomic mass is 9.69. The summed E-state index contributed by atoms with van der Waals surface area (Å²) in [5.41, 5.74) is 1.58. The van der Waals surface area contributed by atoms with Crippen molar-refractivity contribution in [2.24, 2.45) is 0 Å². The van der Waals surface area contributed by atoms with Crippen LogP contribution in [0.3, 0.4) is 0 Å². The zero-order chi connectivity index (χ0) is 28.8. The lowest BCUT2D eigenvalue weighted by Crippen LogP contribution is -2.33. The normalized spacial score (nSPS) is 13.3. The molecule has 5 heterocycles. The maximum atomic E-state index is 15.3. The Balaban J connectivity index is 1.66. The van der Waals surface area contributed by atoms with Gasteiger partial charge < -0.3 is 0 Å². The number of hydrogen-bond acceptors (Lipinski definition) is 4. The first-order valence-electron chi connectivity index (χ1n) is 13.2. The van der Waals surface area contributed by atoms with Crippen molar-refractivity contribution in [2.45, 2.75) is 11.8 Å². The Morgan fingerprint density at radius 3 is 1.31 bits per heavy atom. The van der Waals surface area contributed by atoms with Crippen molar-refractivity contribution >= 4 is 0 Å². The topological polar surface area (TPSA) is 51.6 Å². The van der Waals surface area contributed by atoms with Crippen LogP contribution in [0.5, 0.6) is 0 Å². The number of halogens is 4. The molecule has 0 unspecified atom stereocenters. The molecule has 204 valence electrons. The molecular formula is C34H20F4N4. The monoisotopic (exact) mass is 560 g/mol. The zero-order valence-electron chi connectivity index (χ0n) is 21.9. The fourth-order valence-corrected chi connectivity index (χ4v) is 5.69. The number of pyridine rings is 4. The molecule has 1 aliphatic rings. The van der Waals surface area contributed by atoms with Crippen molar-refractivity contribution in [3.05, 3.63) is 167 Å². The average molecular weight is 561 g/mol. The van der Waals surface area contributed by atoms with E-state index in [1.165, 1.54) is 12.1 Å². The Hall–Kier alpha value is -5.24. The Morgan fingerprint density at radius 1 is 0.452 bits per heavy atom. The van der Waals surface area contributed by atoms with Gasteiger partial charge in [-0.05, 0) is 47.5 Å². The van der Waals surface area contributed by atoms with Crippen LogP contribution in [0.25, 0.3) is 22.5 Å². The summed E-state index contributed by atoms with van der Waals surface area (Å²) in [5.74, 6) is -4.33. The van der Waals surface area contributed by atoms with Crippen molar-refractivity contribution in [1.82, 2.24) is 19.9 Å². The van der Waals surface area contributed by atoms with Crippen molar-refractivity contribution in [1.29, 1.82) is 0 Å². The van der Waals surface area contributed by atoms with Gasteiger partial charge >= 0.3 is 0 Å². The predicted octanol–water partition coefficient (Wildman–Crippen LogP) is 7.44. The molecular weight excluding hydrogens is 540 g/mol. The van der Waals surface area contributed by atoms with Crippen LogP contribution in [0.4, 0.5) is 17.6 Å². The number of benzene rings is 2. The fraction of sp³-hybridized carbons (Fsp3) is 0.0588. The van der Waals surface area contributed by atoms with Gasteiger partial charge in [0, 0.05) is 17.5 Å². The minimum Gasteiger partial charge on any atom is -0.251 e. The van der Waals surface area contributed by atoms with Gasteiger partial charge in [-0.15, -0.1) is 0 Å². The zero-order valence-corrected chi connectivity index (χ0v) is 21.9. The van der Waals surface area contributed by atoms with Crippen LogP contribution in [-0.2, 0) is 11.8 Å². The summed E-state index contributed by atoms with van der Waals surface area (Å²) in [6.45, 7) is 0. The Morgan fingerprint density at radius 2 is 0.881 bits per heavy atom. The SMILES string of the molecule is Fc1nc(F)c2cc1Cc1cc(c(F)nc1F)-c1cccc(n1)C(c1ccccc1)(c1ccccc1)c1cccc-2n1. The molecule has 8 bridgehead atoms. The summed E-state index contributed by atoms with van der Waals surface area (Å²) in [7, 11) is 0. The number of hydrogen-bond donors (Lipinski definition) is 0. The van der Waals surface area contributed by atoms with Crippen LogP contribution in [0, 0.1) is 23.8 Å². The van der Waals surface area contributed by atoms with E-state index < -0.39 is 29.2 Å². The van der Waals surface area contributed by atoms with E-state index in [9.17, 15) is 8.78 Å². The van der Waals surface area contributed by atoms with Crippen LogP contribution in [0.1, 0.15) is 33.6 Å². The smallest absolute Gasteiger partial charge is 0.224 e. The minimum absolute atomic E-state index is 0.0576. The summed E-state index contributed by atoms with van der Waals surface area (Å²) < 4.78 is 60.3. The lowest BCUT2D eigenvalue weighted by molar-refractivity contribution is 0.497. The molecule has 0 amide bonds. The highest BCUT2D eigenvalue weighted by molar-refractivity contribution is 5.66. The molecule has 0 spiro atoms. The second-order valence-corrected chi connectivity index (χ2v) is 10.0. The lowest BCUT2D eigenvalue weighted by Gasteiger charge is -2.35. The average Bonchev–Trinajstić information content (AvgIpc) is 3.01. The van der Waals surface area contributed by atoms with Gasteiger partial charge in [-0.3, -0.25) is 9.97 Å². The molecule has 4 nitrogen and oxygen atoms in total. The number of aromatic nitrogens is 4. The minimum atomic E-state index is -1.15. The molecule has 4 aromatic heterocycles. The van der Waals surface area contributed by atoms with Crippen molar-refractivity contribution < 1.29 is 17.6 Å². The predicted molar refractivity (Wildman–Crippen MR) is 149 cm³/mol. The van der Waals surface area contributed by atoms with Crippen molar-refractivity contribution in [3.63, 3.8) is 0 Å². The maximum absolute atomic E-state index is 15.3. The van der Waals surface area contributed by atoms with E-state index in [0.29, 0.717) is 11.4 Å². The molecule has 0 saturated carbocycles. The van der Waals surface area contributed by atoms with Crippen LogP contribution in [0.2, 0.25) is 0 Å². The largest absolute Gasteiger partial charge is 0.251 e. The molecule has 6 aromatic rings. The van der Waals surface area contributed by atoms with E-state index in [0.717, 1.165) is 11.1 Å². The first-order valence-corrected chi connectivity index (χ1v) is 13.2. The fourth-order valence-electron chi connectivity index (χ4n) is 5.69. The highest BCUT2D eigenvalue weighted by Crippen LogP contribution is 2.45. The van der Waals surface area contributed by atoms with Crippen molar-refractivity contribution in [3.8, 4) is 22.5 Å². The standard InChI is InChI=1S/C34H20F4N4/c35-30-20-17-21-19-25(33(38)42-31(21)36)27-14-8-16-29(40-27)34(22-9-3-1-4-10-22,23-11-5-2-6-12-23)28-15-7-13-26(39-28)24(18-20)32(37)41-30/h1-16,18-19H,17H2. The Labute approximate surface area is 238 Å². The number of nitrogens with zero attached hydrogens (tertiary/aromatic N) is 4. The van der Waals surface area contributed by atoms with Gasteiger partial charge in [0.05, 0.1) is 33.9 Å². The maximum Gasteiger partial charge on any atom is 0.224 e. The van der Waals surface area contributed by atoms with E-state index in [1.54, 1.807) is 24.3 Å². The van der Waals surface area contributed by atoms with Gasteiger partial charge in [-0.2, -0.15) is 27.5 Å².